The first kappa shape index (κ1) is 19.8. The number of nitrogens with zero attached hydrogens (tertiary/aromatic N) is 2. The Morgan fingerprint density at radius 3 is 2.41 bits per heavy atom. The van der Waals surface area contributed by atoms with E-state index in [1.54, 1.807) is 0 Å². The number of esters is 1. The molecule has 2 rings (SSSR count). The fourth-order valence-electron chi connectivity index (χ4n) is 2.03. The predicted octanol–water partition coefficient (Wildman–Crippen LogP) is 3.34. The second-order valence-electron chi connectivity index (χ2n) is 5.23. The zero-order valence-corrected chi connectivity index (χ0v) is 14.5. The monoisotopic (exact) mass is 393 g/mol. The van der Waals surface area contributed by atoms with Gasteiger partial charge in [0.25, 0.3) is 17.3 Å². The van der Waals surface area contributed by atoms with Gasteiger partial charge in [-0.05, 0) is 19.1 Å². The molecule has 1 amide bonds. The smallest absolute Gasteiger partial charge is 0.340 e. The molecule has 27 heavy (non-hydrogen) atoms. The zero-order valence-electron chi connectivity index (χ0n) is 13.7. The second-order valence-corrected chi connectivity index (χ2v) is 5.64. The van der Waals surface area contributed by atoms with Crippen LogP contribution in [-0.4, -0.2) is 27.8 Å². The Kier molecular flexibility index (Phi) is 6.03. The van der Waals surface area contributed by atoms with Gasteiger partial charge in [-0.25, -0.2) is 4.79 Å². The number of ether oxygens (including phenoxy) is 1. The lowest BCUT2D eigenvalue weighted by Crippen LogP contribution is -2.30. The number of carbonyl (C=O) groups is 2. The number of nitro benzene ring substituents is 2. The molecule has 2 aromatic rings. The average molecular weight is 394 g/mol. The standard InChI is InChI=1S/C16H12ClN3O7/c1-9(15(21)18-13-4-2-3-5-14(13)20(25)26)27-16(22)11-8-10(19(23)24)6-7-12(11)17/h2-9H,1H3,(H,18,21)/t9-/m0/s1. The van der Waals surface area contributed by atoms with E-state index in [4.69, 9.17) is 16.3 Å². The Hall–Kier alpha value is -3.53. The molecule has 1 N–H and O–H groups in total. The Bertz CT molecular complexity index is 932. The van der Waals surface area contributed by atoms with Crippen LogP contribution in [0.3, 0.4) is 0 Å². The van der Waals surface area contributed by atoms with Crippen LogP contribution in [0.2, 0.25) is 5.02 Å². The maximum atomic E-state index is 12.2. The lowest BCUT2D eigenvalue weighted by Gasteiger charge is -2.14. The van der Waals surface area contributed by atoms with E-state index in [2.05, 4.69) is 5.32 Å². The van der Waals surface area contributed by atoms with E-state index in [9.17, 15) is 29.8 Å². The molecular formula is C16H12ClN3O7. The molecule has 0 bridgehead atoms. The van der Waals surface area contributed by atoms with Gasteiger partial charge in [0.05, 0.1) is 20.4 Å². The van der Waals surface area contributed by atoms with Gasteiger partial charge in [0.15, 0.2) is 6.10 Å². The maximum absolute atomic E-state index is 12.2. The van der Waals surface area contributed by atoms with Crippen molar-refractivity contribution in [3.05, 3.63) is 73.3 Å². The molecule has 0 unspecified atom stereocenters. The van der Waals surface area contributed by atoms with E-state index in [1.807, 2.05) is 0 Å². The number of carbonyl (C=O) groups excluding carboxylic acids is 2. The highest BCUT2D eigenvalue weighted by molar-refractivity contribution is 6.33. The Balaban J connectivity index is 2.13. The van der Waals surface area contributed by atoms with Crippen molar-refractivity contribution >= 4 is 40.5 Å². The van der Waals surface area contributed by atoms with Gasteiger partial charge in [-0.2, -0.15) is 0 Å². The van der Waals surface area contributed by atoms with Gasteiger partial charge in [-0.1, -0.05) is 23.7 Å². The summed E-state index contributed by atoms with van der Waals surface area (Å²) in [6, 6.07) is 8.65. The molecule has 0 radical (unpaired) electrons. The largest absolute Gasteiger partial charge is 0.449 e. The molecule has 0 saturated carbocycles. The molecule has 0 aliphatic carbocycles. The molecule has 1 atom stereocenters. The summed E-state index contributed by atoms with van der Waals surface area (Å²) in [6.45, 7) is 1.24. The van der Waals surface area contributed by atoms with E-state index in [0.29, 0.717) is 0 Å². The van der Waals surface area contributed by atoms with Gasteiger partial charge in [0.2, 0.25) is 0 Å². The van der Waals surface area contributed by atoms with Crippen LogP contribution in [-0.2, 0) is 9.53 Å². The van der Waals surface area contributed by atoms with Crippen LogP contribution in [0.25, 0.3) is 0 Å². The number of anilines is 1. The van der Waals surface area contributed by atoms with E-state index in [0.717, 1.165) is 18.2 Å². The quantitative estimate of drug-likeness (QED) is 0.450. The molecule has 11 heteroatoms. The first-order chi connectivity index (χ1) is 12.7. The minimum atomic E-state index is -1.34. The third-order valence-electron chi connectivity index (χ3n) is 3.39. The highest BCUT2D eigenvalue weighted by atomic mass is 35.5. The third kappa shape index (κ3) is 4.76. The summed E-state index contributed by atoms with van der Waals surface area (Å²) in [5, 5.41) is 24.0. The van der Waals surface area contributed by atoms with Crippen molar-refractivity contribution in [3.63, 3.8) is 0 Å². The number of nitrogens with one attached hydrogen (secondary N) is 1. The summed E-state index contributed by atoms with van der Waals surface area (Å²) in [7, 11) is 0. The molecule has 0 saturated heterocycles. The summed E-state index contributed by atoms with van der Waals surface area (Å²) in [4.78, 5) is 44.7. The fraction of sp³-hybridized carbons (Fsp3) is 0.125. The molecule has 2 aromatic carbocycles. The number of halogens is 1. The van der Waals surface area contributed by atoms with Crippen LogP contribution in [0.1, 0.15) is 17.3 Å². The molecular weight excluding hydrogens is 382 g/mol. The van der Waals surface area contributed by atoms with Gasteiger partial charge in [0.1, 0.15) is 5.69 Å². The van der Waals surface area contributed by atoms with E-state index >= 15 is 0 Å². The number of rotatable bonds is 6. The Labute approximate surface area is 157 Å². The van der Waals surface area contributed by atoms with E-state index in [-0.39, 0.29) is 27.6 Å². The summed E-state index contributed by atoms with van der Waals surface area (Å²) in [5.74, 6) is -1.87. The Morgan fingerprint density at radius 2 is 1.78 bits per heavy atom. The van der Waals surface area contributed by atoms with Crippen molar-refractivity contribution in [2.45, 2.75) is 13.0 Å². The summed E-state index contributed by atoms with van der Waals surface area (Å²) in [5.41, 5.74) is -1.05. The lowest BCUT2D eigenvalue weighted by molar-refractivity contribution is -0.384. The predicted molar refractivity (Wildman–Crippen MR) is 94.7 cm³/mol. The maximum Gasteiger partial charge on any atom is 0.340 e. The fourth-order valence-corrected chi connectivity index (χ4v) is 2.23. The van der Waals surface area contributed by atoms with Crippen molar-refractivity contribution in [1.29, 1.82) is 0 Å². The molecule has 0 fully saturated rings. The number of hydrogen-bond acceptors (Lipinski definition) is 7. The topological polar surface area (TPSA) is 142 Å². The number of para-hydroxylation sites is 2. The van der Waals surface area contributed by atoms with Crippen LogP contribution in [0.4, 0.5) is 17.1 Å². The normalized spacial score (nSPS) is 11.3. The van der Waals surface area contributed by atoms with Crippen LogP contribution in [0.15, 0.2) is 42.5 Å². The summed E-state index contributed by atoms with van der Waals surface area (Å²) >= 11 is 5.85. The highest BCUT2D eigenvalue weighted by Crippen LogP contribution is 2.25. The van der Waals surface area contributed by atoms with Crippen LogP contribution in [0.5, 0.6) is 0 Å². The number of non-ortho nitro benzene ring substituents is 1. The van der Waals surface area contributed by atoms with Crippen molar-refractivity contribution < 1.29 is 24.2 Å². The molecule has 0 aliphatic rings. The molecule has 0 heterocycles. The van der Waals surface area contributed by atoms with E-state index < -0.39 is 27.8 Å². The number of nitro groups is 2. The van der Waals surface area contributed by atoms with Crippen molar-refractivity contribution in [2.24, 2.45) is 0 Å². The molecule has 0 aliphatic heterocycles. The lowest BCUT2D eigenvalue weighted by atomic mass is 10.2. The summed E-state index contributed by atoms with van der Waals surface area (Å²) < 4.78 is 4.96. The van der Waals surface area contributed by atoms with E-state index in [1.165, 1.54) is 31.2 Å². The molecule has 140 valence electrons. The number of amides is 1. The number of benzene rings is 2. The van der Waals surface area contributed by atoms with Gasteiger partial charge >= 0.3 is 5.97 Å². The first-order valence-corrected chi connectivity index (χ1v) is 7.77. The van der Waals surface area contributed by atoms with Crippen LogP contribution < -0.4 is 5.32 Å². The Morgan fingerprint density at radius 1 is 1.11 bits per heavy atom. The van der Waals surface area contributed by atoms with Gasteiger partial charge in [0, 0.05) is 18.2 Å². The van der Waals surface area contributed by atoms with Gasteiger partial charge in [-0.15, -0.1) is 0 Å². The van der Waals surface area contributed by atoms with Crippen LogP contribution in [0, 0.1) is 20.2 Å². The molecule has 0 aromatic heterocycles. The first-order valence-electron chi connectivity index (χ1n) is 7.40. The highest BCUT2D eigenvalue weighted by Gasteiger charge is 2.24. The minimum Gasteiger partial charge on any atom is -0.449 e. The minimum absolute atomic E-state index is 0.0659. The SMILES string of the molecule is C[C@H](OC(=O)c1cc([N+](=O)[O-])ccc1Cl)C(=O)Nc1ccccc1[N+](=O)[O-]. The third-order valence-corrected chi connectivity index (χ3v) is 3.72. The van der Waals surface area contributed by atoms with Crippen molar-refractivity contribution in [1.82, 2.24) is 0 Å². The van der Waals surface area contributed by atoms with Gasteiger partial charge in [-0.3, -0.25) is 25.0 Å². The average Bonchev–Trinajstić information content (AvgIpc) is 2.61. The van der Waals surface area contributed by atoms with Crippen LogP contribution >= 0.6 is 11.6 Å². The summed E-state index contributed by atoms with van der Waals surface area (Å²) in [6.07, 6.45) is -1.34. The van der Waals surface area contributed by atoms with Gasteiger partial charge < -0.3 is 10.1 Å². The molecule has 10 nitrogen and oxygen atoms in total. The van der Waals surface area contributed by atoms with Crippen molar-refractivity contribution in [2.75, 3.05) is 5.32 Å². The molecule has 0 spiro atoms. The van der Waals surface area contributed by atoms with Crippen molar-refractivity contribution in [3.8, 4) is 0 Å². The number of hydrogen-bond donors (Lipinski definition) is 1. The zero-order chi connectivity index (χ0) is 20.1. The second kappa shape index (κ2) is 8.23.